The van der Waals surface area contributed by atoms with E-state index >= 15 is 0 Å². The van der Waals surface area contributed by atoms with Crippen LogP contribution in [0.15, 0.2) is 52.6 Å². The van der Waals surface area contributed by atoms with E-state index in [4.69, 9.17) is 11.6 Å². The van der Waals surface area contributed by atoms with Crippen molar-refractivity contribution in [2.24, 2.45) is 4.40 Å². The van der Waals surface area contributed by atoms with Crippen LogP contribution in [0.25, 0.3) is 0 Å². The normalized spacial score (nSPS) is 21.9. The van der Waals surface area contributed by atoms with Crippen LogP contribution in [0.1, 0.15) is 18.4 Å². The summed E-state index contributed by atoms with van der Waals surface area (Å²) in [6.07, 6.45) is 6.68. The highest BCUT2D eigenvalue weighted by Crippen LogP contribution is 2.18. The van der Waals surface area contributed by atoms with Gasteiger partial charge in [-0.1, -0.05) is 23.7 Å². The van der Waals surface area contributed by atoms with Gasteiger partial charge in [0, 0.05) is 43.4 Å². The van der Waals surface area contributed by atoms with Crippen LogP contribution < -0.4 is 5.32 Å². The van der Waals surface area contributed by atoms with Crippen LogP contribution in [0.4, 0.5) is 0 Å². The van der Waals surface area contributed by atoms with E-state index in [-0.39, 0.29) is 17.7 Å². The largest absolute Gasteiger partial charge is 0.349 e. The molecule has 0 radical (unpaired) electrons. The summed E-state index contributed by atoms with van der Waals surface area (Å²) in [5.41, 5.74) is 1.75. The van der Waals surface area contributed by atoms with Crippen LogP contribution in [-0.2, 0) is 21.4 Å². The number of rotatable bonds is 4. The summed E-state index contributed by atoms with van der Waals surface area (Å²) in [6, 6.07) is 8.03. The number of hydrogen-bond acceptors (Lipinski definition) is 5. The number of amides is 1. The Labute approximate surface area is 175 Å². The lowest BCUT2D eigenvalue weighted by Gasteiger charge is -2.33. The Balaban J connectivity index is 1.29. The van der Waals surface area contributed by atoms with E-state index in [0.29, 0.717) is 18.0 Å². The summed E-state index contributed by atoms with van der Waals surface area (Å²) >= 11 is 5.94. The van der Waals surface area contributed by atoms with E-state index in [2.05, 4.69) is 14.6 Å². The maximum atomic E-state index is 12.6. The second kappa shape index (κ2) is 8.30. The lowest BCUT2D eigenvalue weighted by atomic mass is 10.0. The minimum atomic E-state index is -3.39. The first kappa shape index (κ1) is 20.1. The molecule has 154 valence electrons. The van der Waals surface area contributed by atoms with Crippen molar-refractivity contribution in [1.82, 2.24) is 15.1 Å². The number of sulfonamides is 1. The monoisotopic (exact) mass is 434 g/mol. The molecule has 0 atom stereocenters. The molecule has 0 saturated carbocycles. The average molecular weight is 435 g/mol. The lowest BCUT2D eigenvalue weighted by Crippen LogP contribution is -2.45. The molecule has 3 aliphatic rings. The van der Waals surface area contributed by atoms with Crippen LogP contribution in [-0.4, -0.2) is 61.4 Å². The zero-order chi connectivity index (χ0) is 20.4. The van der Waals surface area contributed by atoms with E-state index in [1.807, 2.05) is 24.3 Å². The second-order valence-electron chi connectivity index (χ2n) is 7.50. The first-order chi connectivity index (χ1) is 13.9. The van der Waals surface area contributed by atoms with E-state index in [1.165, 1.54) is 5.56 Å². The number of piperidine rings is 1. The molecular weight excluding hydrogens is 412 g/mol. The molecule has 0 aliphatic carbocycles. The van der Waals surface area contributed by atoms with Crippen LogP contribution in [0, 0.1) is 0 Å². The summed E-state index contributed by atoms with van der Waals surface area (Å²) in [4.78, 5) is 16.7. The molecule has 0 aromatic heterocycles. The van der Waals surface area contributed by atoms with Gasteiger partial charge < -0.3 is 10.2 Å². The number of nitrogens with zero attached hydrogens (tertiary/aromatic N) is 3. The van der Waals surface area contributed by atoms with Gasteiger partial charge in [-0.3, -0.25) is 9.69 Å². The molecule has 3 aliphatic heterocycles. The van der Waals surface area contributed by atoms with Gasteiger partial charge in [-0.25, -0.2) is 8.42 Å². The number of hydrogen-bond donors (Lipinski definition) is 1. The predicted octanol–water partition coefficient (Wildman–Crippen LogP) is 1.92. The Morgan fingerprint density at radius 3 is 2.59 bits per heavy atom. The second-order valence-corrected chi connectivity index (χ2v) is 9.69. The minimum absolute atomic E-state index is 0.0399. The lowest BCUT2D eigenvalue weighted by molar-refractivity contribution is -0.118. The average Bonchev–Trinajstić information content (AvgIpc) is 2.70. The molecule has 7 nitrogen and oxygen atoms in total. The zero-order valence-corrected chi connectivity index (χ0v) is 17.5. The molecule has 0 bridgehead atoms. The number of benzene rings is 1. The summed E-state index contributed by atoms with van der Waals surface area (Å²) in [5, 5.41) is 3.85. The van der Waals surface area contributed by atoms with Crippen molar-refractivity contribution in [2.45, 2.75) is 25.4 Å². The van der Waals surface area contributed by atoms with Gasteiger partial charge in [0.15, 0.2) is 0 Å². The van der Waals surface area contributed by atoms with Crippen molar-refractivity contribution in [3.63, 3.8) is 0 Å². The van der Waals surface area contributed by atoms with Gasteiger partial charge in [-0.15, -0.1) is 4.40 Å². The molecule has 29 heavy (non-hydrogen) atoms. The Hall–Kier alpha value is -2.16. The first-order valence-corrected chi connectivity index (χ1v) is 11.6. The topological polar surface area (TPSA) is 82.1 Å². The first-order valence-electron chi connectivity index (χ1n) is 9.65. The van der Waals surface area contributed by atoms with Gasteiger partial charge in [0.05, 0.1) is 11.3 Å². The third-order valence-corrected chi connectivity index (χ3v) is 6.74. The summed E-state index contributed by atoms with van der Waals surface area (Å²) in [6.45, 7) is 3.03. The molecule has 1 saturated heterocycles. The van der Waals surface area contributed by atoms with Crippen LogP contribution >= 0.6 is 11.6 Å². The highest BCUT2D eigenvalue weighted by atomic mass is 35.5. The predicted molar refractivity (Wildman–Crippen MR) is 113 cm³/mol. The molecule has 1 amide bonds. The number of carbonyl (C=O) groups is 1. The molecule has 0 unspecified atom stereocenters. The fourth-order valence-electron chi connectivity index (χ4n) is 3.69. The van der Waals surface area contributed by atoms with Gasteiger partial charge in [-0.2, -0.15) is 0 Å². The number of likely N-dealkylation sites (tertiary alicyclic amines) is 1. The smallest absolute Gasteiger partial charge is 0.256 e. The van der Waals surface area contributed by atoms with Crippen molar-refractivity contribution >= 4 is 33.4 Å². The Kier molecular flexibility index (Phi) is 5.76. The SMILES string of the molecule is O=C(NC1CCN(Cc2ccc(Cl)cc2)CC1)C1=CN2CCS(=O)(=O)N=C2C=C1. The Morgan fingerprint density at radius 1 is 1.14 bits per heavy atom. The van der Waals surface area contributed by atoms with Crippen LogP contribution in [0.5, 0.6) is 0 Å². The fourth-order valence-corrected chi connectivity index (χ4v) is 4.78. The zero-order valence-electron chi connectivity index (χ0n) is 15.9. The highest BCUT2D eigenvalue weighted by Gasteiger charge is 2.26. The van der Waals surface area contributed by atoms with E-state index in [1.54, 1.807) is 23.3 Å². The van der Waals surface area contributed by atoms with Crippen LogP contribution in [0.3, 0.4) is 0 Å². The van der Waals surface area contributed by atoms with Gasteiger partial charge in [0.2, 0.25) is 0 Å². The highest BCUT2D eigenvalue weighted by molar-refractivity contribution is 7.90. The fraction of sp³-hybridized carbons (Fsp3) is 0.400. The molecule has 4 rings (SSSR count). The number of carbonyl (C=O) groups excluding carboxylic acids is 1. The number of nitrogens with one attached hydrogen (secondary N) is 1. The molecule has 3 heterocycles. The van der Waals surface area contributed by atoms with Crippen molar-refractivity contribution < 1.29 is 13.2 Å². The molecule has 1 fully saturated rings. The van der Waals surface area contributed by atoms with Crippen molar-refractivity contribution in [1.29, 1.82) is 0 Å². The minimum Gasteiger partial charge on any atom is -0.349 e. The summed E-state index contributed by atoms with van der Waals surface area (Å²) < 4.78 is 26.9. The summed E-state index contributed by atoms with van der Waals surface area (Å²) in [5.74, 6) is 0.190. The van der Waals surface area contributed by atoms with Gasteiger partial charge in [0.25, 0.3) is 15.9 Å². The Bertz CT molecular complexity index is 977. The molecule has 9 heteroatoms. The van der Waals surface area contributed by atoms with Gasteiger partial charge in [-0.05, 0) is 42.7 Å². The van der Waals surface area contributed by atoms with E-state index < -0.39 is 10.0 Å². The van der Waals surface area contributed by atoms with E-state index in [9.17, 15) is 13.2 Å². The number of fused-ring (bicyclic) bond motifs is 1. The van der Waals surface area contributed by atoms with Crippen molar-refractivity contribution in [3.8, 4) is 0 Å². The number of halogens is 1. The van der Waals surface area contributed by atoms with Gasteiger partial charge in [0.1, 0.15) is 5.84 Å². The maximum Gasteiger partial charge on any atom is 0.256 e. The molecular formula is C20H23ClN4O3S. The van der Waals surface area contributed by atoms with Gasteiger partial charge >= 0.3 is 0 Å². The van der Waals surface area contributed by atoms with Crippen molar-refractivity contribution in [3.05, 3.63) is 58.8 Å². The standard InChI is InChI=1S/C20H23ClN4O3S/c21-17-4-1-15(2-5-17)13-24-9-7-18(8-10-24)22-20(26)16-3-6-19-23-29(27,28)12-11-25(19)14-16/h1-6,14,18H,7-13H2,(H,22,26). The molecule has 1 aromatic rings. The van der Waals surface area contributed by atoms with Crippen molar-refractivity contribution in [2.75, 3.05) is 25.4 Å². The Morgan fingerprint density at radius 2 is 1.86 bits per heavy atom. The quantitative estimate of drug-likeness (QED) is 0.782. The molecule has 0 spiro atoms. The number of amidine groups is 1. The summed E-state index contributed by atoms with van der Waals surface area (Å²) in [7, 11) is -3.39. The molecule has 1 aromatic carbocycles. The maximum absolute atomic E-state index is 12.6. The third-order valence-electron chi connectivity index (χ3n) is 5.33. The third kappa shape index (κ3) is 5.07. The van der Waals surface area contributed by atoms with E-state index in [0.717, 1.165) is 37.5 Å². The van der Waals surface area contributed by atoms with Crippen LogP contribution in [0.2, 0.25) is 5.02 Å². The molecule has 1 N–H and O–H groups in total.